The third-order valence-corrected chi connectivity index (χ3v) is 8.09. The van der Waals surface area contributed by atoms with E-state index in [1.165, 1.54) is 12.8 Å². The second kappa shape index (κ2) is 33.9. The van der Waals surface area contributed by atoms with Crippen molar-refractivity contribution in [3.05, 3.63) is 72.9 Å². The van der Waals surface area contributed by atoms with Crippen molar-refractivity contribution in [1.29, 1.82) is 0 Å². The van der Waals surface area contributed by atoms with Crippen LogP contribution in [-0.2, 0) is 28.6 Å². The molecule has 8 nitrogen and oxygen atoms in total. The fourth-order valence-electron chi connectivity index (χ4n) is 5.11. The van der Waals surface area contributed by atoms with Crippen LogP contribution in [0.25, 0.3) is 0 Å². The summed E-state index contributed by atoms with van der Waals surface area (Å²) in [5, 5.41) is 11.6. The Hall–Kier alpha value is -3.23. The van der Waals surface area contributed by atoms with E-state index in [1.54, 1.807) is 21.1 Å². The van der Waals surface area contributed by atoms with Gasteiger partial charge in [-0.3, -0.25) is 9.59 Å². The lowest BCUT2D eigenvalue weighted by Gasteiger charge is -2.34. The number of ether oxygens (including phenoxy) is 3. The molecule has 0 aliphatic carbocycles. The number of unbranched alkanes of at least 4 members (excludes halogenated alkanes) is 7. The minimum absolute atomic E-state index is 0.0120. The molecular formula is C43H71NO7. The second-order valence-corrected chi connectivity index (χ2v) is 13.7. The Morgan fingerprint density at radius 2 is 1.06 bits per heavy atom. The molecule has 2 unspecified atom stereocenters. The fourth-order valence-corrected chi connectivity index (χ4v) is 5.11. The zero-order chi connectivity index (χ0) is 37.8. The number of hydrogen-bond donors (Lipinski definition) is 0. The van der Waals surface area contributed by atoms with E-state index >= 15 is 0 Å². The van der Waals surface area contributed by atoms with E-state index in [1.807, 2.05) is 0 Å². The zero-order valence-corrected chi connectivity index (χ0v) is 32.7. The van der Waals surface area contributed by atoms with Crippen LogP contribution in [0.3, 0.4) is 0 Å². The van der Waals surface area contributed by atoms with Gasteiger partial charge in [0.25, 0.3) is 0 Å². The Labute approximate surface area is 311 Å². The summed E-state index contributed by atoms with van der Waals surface area (Å²) < 4.78 is 17.0. The van der Waals surface area contributed by atoms with Gasteiger partial charge >= 0.3 is 11.9 Å². The highest BCUT2D eigenvalue weighted by molar-refractivity contribution is 5.70. The number of carbonyl (C=O) groups is 3. The average molecular weight is 714 g/mol. The highest BCUT2D eigenvalue weighted by Gasteiger charge is 2.25. The molecule has 0 spiro atoms. The summed E-state index contributed by atoms with van der Waals surface area (Å²) in [5.41, 5.74) is 0. The number of esters is 2. The molecule has 0 rings (SSSR count). The molecule has 0 aromatic heterocycles. The first kappa shape index (κ1) is 47.8. The van der Waals surface area contributed by atoms with Gasteiger partial charge in [0.05, 0.1) is 40.3 Å². The van der Waals surface area contributed by atoms with Crippen LogP contribution >= 0.6 is 0 Å². The van der Waals surface area contributed by atoms with Crippen LogP contribution in [0, 0.1) is 0 Å². The lowest BCUT2D eigenvalue weighted by Crippen LogP contribution is -2.55. The molecule has 2 atom stereocenters. The molecule has 0 radical (unpaired) electrons. The predicted octanol–water partition coefficient (Wildman–Crippen LogP) is 8.68. The Morgan fingerprint density at radius 1 is 0.588 bits per heavy atom. The average Bonchev–Trinajstić information content (AvgIpc) is 3.08. The summed E-state index contributed by atoms with van der Waals surface area (Å²) in [5.74, 6) is -1.84. The quantitative estimate of drug-likeness (QED) is 0.0290. The molecule has 0 aromatic rings. The van der Waals surface area contributed by atoms with Crippen molar-refractivity contribution in [2.75, 3.05) is 41.0 Å². The molecule has 0 fully saturated rings. The van der Waals surface area contributed by atoms with Crippen LogP contribution in [0.15, 0.2) is 72.9 Å². The molecule has 0 bridgehead atoms. The van der Waals surface area contributed by atoms with Crippen molar-refractivity contribution in [2.24, 2.45) is 0 Å². The Balaban J connectivity index is 4.48. The largest absolute Gasteiger partial charge is 0.544 e. The Bertz CT molecular complexity index is 1060. The van der Waals surface area contributed by atoms with E-state index in [4.69, 9.17) is 14.2 Å². The van der Waals surface area contributed by atoms with Gasteiger partial charge in [-0.05, 0) is 70.6 Å². The maximum atomic E-state index is 12.6. The summed E-state index contributed by atoms with van der Waals surface area (Å²) in [7, 11) is 5.36. The number of allylic oxidation sites excluding steroid dienone is 12. The van der Waals surface area contributed by atoms with E-state index in [9.17, 15) is 19.5 Å². The first-order valence-electron chi connectivity index (χ1n) is 19.5. The van der Waals surface area contributed by atoms with Crippen LogP contribution in [0.4, 0.5) is 0 Å². The minimum Gasteiger partial charge on any atom is -0.544 e. The van der Waals surface area contributed by atoms with Crippen LogP contribution in [0.2, 0.25) is 0 Å². The number of likely N-dealkylation sites (N-methyl/N-ethyl adjacent to an activating group) is 1. The predicted molar refractivity (Wildman–Crippen MR) is 208 cm³/mol. The summed E-state index contributed by atoms with van der Waals surface area (Å²) in [6, 6.07) is -0.738. The molecule has 0 aliphatic rings. The summed E-state index contributed by atoms with van der Waals surface area (Å²) in [6.45, 7) is 4.33. The van der Waals surface area contributed by atoms with E-state index in [0.717, 1.165) is 77.0 Å². The van der Waals surface area contributed by atoms with Gasteiger partial charge in [-0.1, -0.05) is 112 Å². The number of nitrogens with zero attached hydrogens (tertiary/aromatic N) is 1. The number of carbonyl (C=O) groups excluding carboxylic acids is 3. The van der Waals surface area contributed by atoms with Crippen molar-refractivity contribution in [2.45, 2.75) is 142 Å². The highest BCUT2D eigenvalue weighted by atomic mass is 16.6. The second-order valence-electron chi connectivity index (χ2n) is 13.7. The molecule has 0 saturated carbocycles. The molecule has 0 heterocycles. The molecule has 0 amide bonds. The number of aliphatic carboxylic acids is 1. The minimum atomic E-state index is -1.14. The monoisotopic (exact) mass is 714 g/mol. The van der Waals surface area contributed by atoms with Crippen molar-refractivity contribution < 1.29 is 38.2 Å². The van der Waals surface area contributed by atoms with E-state index in [0.29, 0.717) is 12.8 Å². The van der Waals surface area contributed by atoms with E-state index in [2.05, 4.69) is 86.8 Å². The van der Waals surface area contributed by atoms with Gasteiger partial charge in [0.15, 0.2) is 6.10 Å². The summed E-state index contributed by atoms with van der Waals surface area (Å²) in [4.78, 5) is 36.6. The maximum absolute atomic E-state index is 12.6. The van der Waals surface area contributed by atoms with Gasteiger partial charge in [-0.25, -0.2) is 0 Å². The third-order valence-electron chi connectivity index (χ3n) is 8.09. The molecule has 0 N–H and O–H groups in total. The molecule has 0 aliphatic heterocycles. The first-order chi connectivity index (χ1) is 24.6. The lowest BCUT2D eigenvalue weighted by atomic mass is 10.1. The van der Waals surface area contributed by atoms with Crippen molar-refractivity contribution >= 4 is 17.9 Å². The third kappa shape index (κ3) is 32.4. The number of hydrogen-bond acceptors (Lipinski definition) is 7. The normalized spacial score (nSPS) is 13.8. The number of carboxylic acid groups (broad SMARTS) is 1. The number of carboxylic acids is 1. The topological polar surface area (TPSA) is 102 Å². The first-order valence-corrected chi connectivity index (χ1v) is 19.5. The molecule has 0 aromatic carbocycles. The van der Waals surface area contributed by atoms with Crippen molar-refractivity contribution in [1.82, 2.24) is 0 Å². The highest BCUT2D eigenvalue weighted by Crippen LogP contribution is 2.12. The Morgan fingerprint density at radius 3 is 1.59 bits per heavy atom. The zero-order valence-electron chi connectivity index (χ0n) is 32.7. The van der Waals surface area contributed by atoms with Crippen LogP contribution in [0.5, 0.6) is 0 Å². The maximum Gasteiger partial charge on any atom is 0.306 e. The van der Waals surface area contributed by atoms with Gasteiger partial charge < -0.3 is 28.6 Å². The SMILES string of the molecule is CC/C=C/C/C=C/C/C=C/CCCCCCCCC(=O)OCC(COCCC(C(=O)[O-])[N+](C)(C)C)OC(=O)CCC/C=C/C/C=C/C/C=C/CC. The van der Waals surface area contributed by atoms with Gasteiger partial charge in [0, 0.05) is 19.3 Å². The van der Waals surface area contributed by atoms with Gasteiger partial charge in [0.2, 0.25) is 0 Å². The fraction of sp³-hybridized carbons (Fsp3) is 0.651. The van der Waals surface area contributed by atoms with Crippen LogP contribution < -0.4 is 5.11 Å². The van der Waals surface area contributed by atoms with E-state index < -0.39 is 18.1 Å². The number of rotatable bonds is 33. The number of quaternary nitrogens is 1. The van der Waals surface area contributed by atoms with Crippen LogP contribution in [0.1, 0.15) is 129 Å². The van der Waals surface area contributed by atoms with Gasteiger partial charge in [0.1, 0.15) is 12.6 Å². The lowest BCUT2D eigenvalue weighted by molar-refractivity contribution is -0.889. The van der Waals surface area contributed by atoms with E-state index in [-0.39, 0.29) is 49.1 Å². The van der Waals surface area contributed by atoms with Gasteiger partial charge in [-0.15, -0.1) is 0 Å². The van der Waals surface area contributed by atoms with Crippen molar-refractivity contribution in [3.63, 3.8) is 0 Å². The van der Waals surface area contributed by atoms with Crippen molar-refractivity contribution in [3.8, 4) is 0 Å². The smallest absolute Gasteiger partial charge is 0.306 e. The van der Waals surface area contributed by atoms with Crippen LogP contribution in [-0.4, -0.2) is 75.5 Å². The molecule has 0 saturated heterocycles. The Kier molecular flexibility index (Phi) is 31.7. The molecule has 8 heteroatoms. The molecule has 290 valence electrons. The standard InChI is InChI=1S/C43H71NO7/c1-6-8-10-12-14-16-18-19-20-21-22-24-25-27-29-31-33-41(45)50-38-39(37-49-36-35-40(43(47)48)44(3,4)5)51-42(46)34-32-30-28-26-23-17-15-13-11-9-7-2/h8-11,14-17,19-20,26,28,39-40H,6-7,12-13,18,21-25,27,29-38H2,1-5H3/b10-8+,11-9+,16-14+,17-15+,20-19+,28-26+. The molecule has 51 heavy (non-hydrogen) atoms. The molecular weight excluding hydrogens is 642 g/mol. The summed E-state index contributed by atoms with van der Waals surface area (Å²) >= 11 is 0. The summed E-state index contributed by atoms with van der Waals surface area (Å²) in [6.07, 6.45) is 40.8. The van der Waals surface area contributed by atoms with Gasteiger partial charge in [-0.2, -0.15) is 0 Å².